The molecule has 0 saturated heterocycles. The minimum atomic E-state index is -0.530. The van der Waals surface area contributed by atoms with Crippen LogP contribution in [0.3, 0.4) is 0 Å². The Morgan fingerprint density at radius 3 is 2.58 bits per heavy atom. The standard InChI is InChI=1S/C14H12ClF2NO/c1-8(10-6-5-9(16)7-13(10)19)18-14-11(15)3-2-4-12(14)17/h2-8,18-19H,1H3. The molecular weight excluding hydrogens is 272 g/mol. The number of para-hydroxylation sites is 1. The number of hydrogen-bond donors (Lipinski definition) is 2. The van der Waals surface area contributed by atoms with Crippen molar-refractivity contribution in [3.8, 4) is 5.75 Å². The average Bonchev–Trinajstić information content (AvgIpc) is 2.33. The van der Waals surface area contributed by atoms with E-state index in [0.29, 0.717) is 5.56 Å². The minimum Gasteiger partial charge on any atom is -0.507 e. The molecule has 2 aromatic rings. The smallest absolute Gasteiger partial charge is 0.147 e. The van der Waals surface area contributed by atoms with Crippen molar-refractivity contribution in [2.24, 2.45) is 0 Å². The Hall–Kier alpha value is -1.81. The van der Waals surface area contributed by atoms with Crippen LogP contribution in [0.2, 0.25) is 5.02 Å². The van der Waals surface area contributed by atoms with E-state index in [1.165, 1.54) is 24.3 Å². The van der Waals surface area contributed by atoms with Gasteiger partial charge in [0.15, 0.2) is 0 Å². The first-order valence-electron chi connectivity index (χ1n) is 5.68. The fourth-order valence-corrected chi connectivity index (χ4v) is 2.03. The van der Waals surface area contributed by atoms with Crippen molar-refractivity contribution in [3.05, 3.63) is 58.6 Å². The fraction of sp³-hybridized carbons (Fsp3) is 0.143. The molecule has 0 bridgehead atoms. The molecule has 2 rings (SSSR count). The number of anilines is 1. The number of phenolic OH excluding ortho intramolecular Hbond substituents is 1. The predicted octanol–water partition coefficient (Wildman–Crippen LogP) is 4.50. The molecule has 1 unspecified atom stereocenters. The van der Waals surface area contributed by atoms with Gasteiger partial charge < -0.3 is 10.4 Å². The van der Waals surface area contributed by atoms with Crippen molar-refractivity contribution in [2.45, 2.75) is 13.0 Å². The van der Waals surface area contributed by atoms with Gasteiger partial charge in [-0.15, -0.1) is 0 Å². The lowest BCUT2D eigenvalue weighted by atomic mass is 10.1. The Bertz CT molecular complexity index is 584. The highest BCUT2D eigenvalue weighted by atomic mass is 35.5. The maximum Gasteiger partial charge on any atom is 0.147 e. The molecule has 0 aliphatic rings. The molecule has 0 radical (unpaired) electrons. The summed E-state index contributed by atoms with van der Waals surface area (Å²) in [7, 11) is 0. The summed E-state index contributed by atoms with van der Waals surface area (Å²) in [5.74, 6) is -1.20. The average molecular weight is 284 g/mol. The fourth-order valence-electron chi connectivity index (χ4n) is 1.81. The number of phenols is 1. The van der Waals surface area contributed by atoms with Gasteiger partial charge in [-0.1, -0.05) is 23.7 Å². The van der Waals surface area contributed by atoms with Crippen molar-refractivity contribution >= 4 is 17.3 Å². The van der Waals surface area contributed by atoms with Crippen LogP contribution in [0.25, 0.3) is 0 Å². The first-order chi connectivity index (χ1) is 8.99. The summed E-state index contributed by atoms with van der Waals surface area (Å²) >= 11 is 5.90. The van der Waals surface area contributed by atoms with E-state index in [1.807, 2.05) is 0 Å². The predicted molar refractivity (Wildman–Crippen MR) is 71.5 cm³/mol. The molecule has 1 atom stereocenters. The topological polar surface area (TPSA) is 32.3 Å². The zero-order chi connectivity index (χ0) is 14.0. The van der Waals surface area contributed by atoms with E-state index < -0.39 is 17.7 Å². The molecule has 2 nitrogen and oxygen atoms in total. The number of benzene rings is 2. The van der Waals surface area contributed by atoms with E-state index in [4.69, 9.17) is 11.6 Å². The SMILES string of the molecule is CC(Nc1c(F)cccc1Cl)c1ccc(F)cc1O. The third kappa shape index (κ3) is 2.96. The Kier molecular flexibility index (Phi) is 3.90. The van der Waals surface area contributed by atoms with E-state index in [0.717, 1.165) is 6.07 Å². The second kappa shape index (κ2) is 5.45. The molecule has 5 heteroatoms. The van der Waals surface area contributed by atoms with E-state index >= 15 is 0 Å². The van der Waals surface area contributed by atoms with Crippen LogP contribution in [0, 0.1) is 11.6 Å². The van der Waals surface area contributed by atoms with Crippen LogP contribution in [0.1, 0.15) is 18.5 Å². The third-order valence-corrected chi connectivity index (χ3v) is 3.10. The van der Waals surface area contributed by atoms with E-state index in [2.05, 4.69) is 5.32 Å². The Balaban J connectivity index is 2.28. The van der Waals surface area contributed by atoms with Gasteiger partial charge in [0.25, 0.3) is 0 Å². The molecule has 2 N–H and O–H groups in total. The van der Waals surface area contributed by atoms with Crippen LogP contribution in [0.5, 0.6) is 5.75 Å². The normalized spacial score (nSPS) is 12.2. The Morgan fingerprint density at radius 2 is 1.95 bits per heavy atom. The van der Waals surface area contributed by atoms with Gasteiger partial charge in [0, 0.05) is 11.6 Å². The van der Waals surface area contributed by atoms with Gasteiger partial charge in [0.1, 0.15) is 17.4 Å². The first kappa shape index (κ1) is 13.6. The van der Waals surface area contributed by atoms with Crippen LogP contribution in [0.4, 0.5) is 14.5 Å². The maximum absolute atomic E-state index is 13.6. The highest BCUT2D eigenvalue weighted by molar-refractivity contribution is 6.33. The molecule has 0 aliphatic heterocycles. The van der Waals surface area contributed by atoms with Crippen LogP contribution in [0.15, 0.2) is 36.4 Å². The van der Waals surface area contributed by atoms with E-state index in [1.54, 1.807) is 13.0 Å². The number of hydrogen-bond acceptors (Lipinski definition) is 2. The van der Waals surface area contributed by atoms with Crippen LogP contribution in [-0.2, 0) is 0 Å². The van der Waals surface area contributed by atoms with Crippen molar-refractivity contribution in [3.63, 3.8) is 0 Å². The summed E-state index contributed by atoms with van der Waals surface area (Å²) in [5.41, 5.74) is 0.612. The third-order valence-electron chi connectivity index (χ3n) is 2.78. The van der Waals surface area contributed by atoms with Gasteiger partial charge in [-0.05, 0) is 25.1 Å². The molecular formula is C14H12ClF2NO. The highest BCUT2D eigenvalue weighted by Crippen LogP contribution is 2.31. The number of halogens is 3. The molecule has 0 spiro atoms. The summed E-state index contributed by atoms with van der Waals surface area (Å²) < 4.78 is 26.5. The first-order valence-corrected chi connectivity index (χ1v) is 6.06. The lowest BCUT2D eigenvalue weighted by Crippen LogP contribution is -2.08. The van der Waals surface area contributed by atoms with Gasteiger partial charge in [-0.2, -0.15) is 0 Å². The van der Waals surface area contributed by atoms with Gasteiger partial charge in [-0.25, -0.2) is 8.78 Å². The zero-order valence-electron chi connectivity index (χ0n) is 10.1. The largest absolute Gasteiger partial charge is 0.507 e. The monoisotopic (exact) mass is 283 g/mol. The maximum atomic E-state index is 13.6. The number of nitrogens with one attached hydrogen (secondary N) is 1. The lowest BCUT2D eigenvalue weighted by Gasteiger charge is -2.18. The van der Waals surface area contributed by atoms with E-state index in [-0.39, 0.29) is 16.5 Å². The van der Waals surface area contributed by atoms with Crippen LogP contribution in [-0.4, -0.2) is 5.11 Å². The van der Waals surface area contributed by atoms with Crippen molar-refractivity contribution in [1.82, 2.24) is 0 Å². The Labute approximate surface area is 114 Å². The minimum absolute atomic E-state index is 0.153. The number of aromatic hydroxyl groups is 1. The summed E-state index contributed by atoms with van der Waals surface area (Å²) in [4.78, 5) is 0. The molecule has 0 saturated carbocycles. The summed E-state index contributed by atoms with van der Waals surface area (Å²) in [6, 6.07) is 7.61. The van der Waals surface area contributed by atoms with Gasteiger partial charge in [-0.3, -0.25) is 0 Å². The summed E-state index contributed by atoms with van der Waals surface area (Å²) in [5, 5.41) is 12.8. The van der Waals surface area contributed by atoms with Crippen molar-refractivity contribution < 1.29 is 13.9 Å². The molecule has 0 amide bonds. The lowest BCUT2D eigenvalue weighted by molar-refractivity contribution is 0.459. The quantitative estimate of drug-likeness (QED) is 0.869. The van der Waals surface area contributed by atoms with Crippen molar-refractivity contribution in [2.75, 3.05) is 5.32 Å². The molecule has 0 aliphatic carbocycles. The number of rotatable bonds is 3. The molecule has 100 valence electrons. The van der Waals surface area contributed by atoms with Gasteiger partial charge >= 0.3 is 0 Å². The Morgan fingerprint density at radius 1 is 1.21 bits per heavy atom. The molecule has 0 aromatic heterocycles. The van der Waals surface area contributed by atoms with Crippen molar-refractivity contribution in [1.29, 1.82) is 0 Å². The highest BCUT2D eigenvalue weighted by Gasteiger charge is 2.14. The van der Waals surface area contributed by atoms with E-state index in [9.17, 15) is 13.9 Å². The summed E-state index contributed by atoms with van der Waals surface area (Å²) in [6.45, 7) is 1.72. The molecule has 0 heterocycles. The zero-order valence-corrected chi connectivity index (χ0v) is 10.9. The molecule has 0 fully saturated rings. The van der Waals surface area contributed by atoms with Crippen LogP contribution >= 0.6 is 11.6 Å². The van der Waals surface area contributed by atoms with Crippen LogP contribution < -0.4 is 5.32 Å². The van der Waals surface area contributed by atoms with Gasteiger partial charge in [0.05, 0.1) is 16.8 Å². The summed E-state index contributed by atoms with van der Waals surface area (Å²) in [6.07, 6.45) is 0. The second-order valence-electron chi connectivity index (χ2n) is 4.17. The van der Waals surface area contributed by atoms with Gasteiger partial charge in [0.2, 0.25) is 0 Å². The molecule has 2 aromatic carbocycles. The molecule has 19 heavy (non-hydrogen) atoms. The second-order valence-corrected chi connectivity index (χ2v) is 4.57.